The van der Waals surface area contributed by atoms with Crippen LogP contribution in [0.15, 0.2) is 215 Å². The van der Waals surface area contributed by atoms with Gasteiger partial charge in [-0.05, 0) is 130 Å². The van der Waals surface area contributed by atoms with E-state index in [9.17, 15) is 0 Å². The maximum atomic E-state index is 6.59. The van der Waals surface area contributed by atoms with Gasteiger partial charge in [0, 0.05) is 44.2 Å². The molecule has 11 rings (SSSR count). The van der Waals surface area contributed by atoms with E-state index >= 15 is 0 Å². The van der Waals surface area contributed by atoms with E-state index in [1.54, 1.807) is 0 Å². The minimum absolute atomic E-state index is 0.885. The number of nitrogens with zero attached hydrogens (tertiary/aromatic N) is 1. The summed E-state index contributed by atoms with van der Waals surface area (Å²) in [7, 11) is 0. The van der Waals surface area contributed by atoms with E-state index < -0.39 is 0 Å². The van der Waals surface area contributed by atoms with Gasteiger partial charge in [-0.25, -0.2) is 0 Å². The van der Waals surface area contributed by atoms with Gasteiger partial charge in [-0.1, -0.05) is 146 Å². The Morgan fingerprint density at radius 1 is 0.443 bits per heavy atom. The van der Waals surface area contributed by atoms with Crippen molar-refractivity contribution in [3.05, 3.63) is 223 Å². The van der Waals surface area contributed by atoms with E-state index in [1.807, 2.05) is 19.1 Å². The average Bonchev–Trinajstić information content (AvgIpc) is 3.87. The SMILES string of the molecule is C/C(=C\c1c(C)oc2ccccc12)c1ccc(N(c2ccc(-c3cccc(-c4ccccc4)c3)cc2)c2cccc(-c3cccc4oc5c6ccccc6ccc5c34)c2)cc1. The molecule has 0 saturated carbocycles. The van der Waals surface area contributed by atoms with E-state index in [0.717, 1.165) is 83.4 Å². The molecule has 0 aliphatic carbocycles. The summed E-state index contributed by atoms with van der Waals surface area (Å²) in [5.74, 6) is 0.922. The van der Waals surface area contributed by atoms with Gasteiger partial charge in [-0.2, -0.15) is 0 Å². The fraction of sp³-hybridized carbons (Fsp3) is 0.0345. The number of hydrogen-bond donors (Lipinski definition) is 0. The van der Waals surface area contributed by atoms with Gasteiger partial charge in [0.15, 0.2) is 0 Å². The van der Waals surface area contributed by atoms with Crippen molar-refractivity contribution < 1.29 is 8.83 Å². The Morgan fingerprint density at radius 3 is 1.87 bits per heavy atom. The van der Waals surface area contributed by atoms with Crippen molar-refractivity contribution in [2.75, 3.05) is 4.90 Å². The molecular weight excluding hydrogens is 743 g/mol. The number of benzene rings is 9. The van der Waals surface area contributed by atoms with Crippen LogP contribution in [0.5, 0.6) is 0 Å². The van der Waals surface area contributed by atoms with Crippen LogP contribution in [0.4, 0.5) is 17.1 Å². The minimum atomic E-state index is 0.885. The number of rotatable bonds is 8. The third-order valence-corrected chi connectivity index (χ3v) is 12.0. The molecule has 0 aliphatic heterocycles. The Kier molecular flexibility index (Phi) is 8.94. The lowest BCUT2D eigenvalue weighted by Gasteiger charge is -2.26. The summed E-state index contributed by atoms with van der Waals surface area (Å²) in [5, 5.41) is 5.67. The van der Waals surface area contributed by atoms with Crippen molar-refractivity contribution in [3.63, 3.8) is 0 Å². The van der Waals surface area contributed by atoms with E-state index in [1.165, 1.54) is 33.2 Å². The Hall–Kier alpha value is -7.88. The number of furan rings is 2. The monoisotopic (exact) mass is 783 g/mol. The van der Waals surface area contributed by atoms with Crippen molar-refractivity contribution in [3.8, 4) is 33.4 Å². The van der Waals surface area contributed by atoms with Crippen LogP contribution in [-0.4, -0.2) is 0 Å². The van der Waals surface area contributed by atoms with Crippen molar-refractivity contribution in [2.45, 2.75) is 13.8 Å². The molecule has 0 atom stereocenters. The molecule has 0 spiro atoms. The maximum absolute atomic E-state index is 6.59. The molecule has 0 amide bonds. The molecule has 2 heterocycles. The highest BCUT2D eigenvalue weighted by molar-refractivity contribution is 6.19. The molecule has 0 aliphatic rings. The smallest absolute Gasteiger partial charge is 0.143 e. The zero-order chi connectivity index (χ0) is 40.9. The molecule has 61 heavy (non-hydrogen) atoms. The number of anilines is 3. The summed E-state index contributed by atoms with van der Waals surface area (Å²) in [4.78, 5) is 2.35. The lowest BCUT2D eigenvalue weighted by molar-refractivity contribution is 0.577. The van der Waals surface area contributed by atoms with Crippen LogP contribution in [0, 0.1) is 6.92 Å². The van der Waals surface area contributed by atoms with Crippen molar-refractivity contribution in [1.29, 1.82) is 0 Å². The summed E-state index contributed by atoms with van der Waals surface area (Å²) in [6.07, 6.45) is 2.24. The fourth-order valence-electron chi connectivity index (χ4n) is 8.91. The Morgan fingerprint density at radius 2 is 1.07 bits per heavy atom. The maximum Gasteiger partial charge on any atom is 0.143 e. The molecule has 290 valence electrons. The zero-order valence-corrected chi connectivity index (χ0v) is 34.0. The van der Waals surface area contributed by atoms with Gasteiger partial charge in [0.2, 0.25) is 0 Å². The first kappa shape index (κ1) is 36.2. The van der Waals surface area contributed by atoms with Crippen LogP contribution < -0.4 is 4.90 Å². The standard InChI is InChI=1S/C58H41NO2/c1-38(35-54-39(2)60-55-23-9-8-21-52(54)55)40-25-30-47(31-26-40)59(48-32-27-42(28-33-48)45-17-10-16-44(36-45)41-13-4-3-5-14-41)49-19-11-18-46(37-49)50-22-12-24-56-57(50)53-34-29-43-15-6-7-20-51(43)58(53)61-56/h3-37H,1-2H3/b38-35+. The van der Waals surface area contributed by atoms with Crippen molar-refractivity contribution in [1.82, 2.24) is 0 Å². The second-order valence-corrected chi connectivity index (χ2v) is 15.8. The van der Waals surface area contributed by atoms with Gasteiger partial charge < -0.3 is 13.7 Å². The first-order valence-corrected chi connectivity index (χ1v) is 20.8. The van der Waals surface area contributed by atoms with Gasteiger partial charge in [0.25, 0.3) is 0 Å². The molecule has 9 aromatic carbocycles. The van der Waals surface area contributed by atoms with Crippen molar-refractivity contribution in [2.24, 2.45) is 0 Å². The Bertz CT molecular complexity index is 3420. The molecule has 11 aromatic rings. The van der Waals surface area contributed by atoms with Gasteiger partial charge >= 0.3 is 0 Å². The minimum Gasteiger partial charge on any atom is -0.461 e. The molecular formula is C58H41NO2. The number of para-hydroxylation sites is 1. The van der Waals surface area contributed by atoms with Gasteiger partial charge in [-0.15, -0.1) is 0 Å². The average molecular weight is 784 g/mol. The molecule has 0 fully saturated rings. The van der Waals surface area contributed by atoms with Gasteiger partial charge in [0.1, 0.15) is 22.5 Å². The van der Waals surface area contributed by atoms with Gasteiger partial charge in [-0.3, -0.25) is 0 Å². The summed E-state index contributed by atoms with van der Waals surface area (Å²) < 4.78 is 12.7. The topological polar surface area (TPSA) is 29.5 Å². The second-order valence-electron chi connectivity index (χ2n) is 15.8. The fourth-order valence-corrected chi connectivity index (χ4v) is 8.91. The van der Waals surface area contributed by atoms with E-state index in [0.29, 0.717) is 0 Å². The lowest BCUT2D eigenvalue weighted by atomic mass is 9.97. The first-order chi connectivity index (χ1) is 30.1. The summed E-state index contributed by atoms with van der Waals surface area (Å²) in [6, 6.07) is 73.5. The number of hydrogen-bond acceptors (Lipinski definition) is 3. The number of allylic oxidation sites excluding steroid dienone is 1. The number of aryl methyl sites for hydroxylation is 1. The molecule has 3 heteroatoms. The highest BCUT2D eigenvalue weighted by atomic mass is 16.3. The molecule has 2 aromatic heterocycles. The summed E-state index contributed by atoms with van der Waals surface area (Å²) in [6.45, 7) is 4.21. The summed E-state index contributed by atoms with van der Waals surface area (Å²) in [5.41, 5.74) is 16.4. The van der Waals surface area contributed by atoms with Crippen LogP contribution in [0.3, 0.4) is 0 Å². The second kappa shape index (κ2) is 15.1. The van der Waals surface area contributed by atoms with Gasteiger partial charge in [0.05, 0.1) is 0 Å². The van der Waals surface area contributed by atoms with Crippen LogP contribution in [0.25, 0.3) is 88.7 Å². The van der Waals surface area contributed by atoms with E-state index in [2.05, 4.69) is 212 Å². The highest BCUT2D eigenvalue weighted by Crippen LogP contribution is 2.43. The normalized spacial score (nSPS) is 11.9. The molecule has 0 N–H and O–H groups in total. The molecule has 0 radical (unpaired) electrons. The first-order valence-electron chi connectivity index (χ1n) is 20.8. The van der Waals surface area contributed by atoms with Crippen LogP contribution >= 0.6 is 0 Å². The van der Waals surface area contributed by atoms with E-state index in [4.69, 9.17) is 8.83 Å². The quantitative estimate of drug-likeness (QED) is 0.154. The molecule has 0 saturated heterocycles. The van der Waals surface area contributed by atoms with Crippen LogP contribution in [0.2, 0.25) is 0 Å². The molecule has 0 bridgehead atoms. The predicted octanol–water partition coefficient (Wildman–Crippen LogP) is 16.8. The summed E-state index contributed by atoms with van der Waals surface area (Å²) >= 11 is 0. The van der Waals surface area contributed by atoms with Crippen molar-refractivity contribution >= 4 is 72.4 Å². The third-order valence-electron chi connectivity index (χ3n) is 12.0. The van der Waals surface area contributed by atoms with Crippen LogP contribution in [-0.2, 0) is 0 Å². The third kappa shape index (κ3) is 6.57. The number of fused-ring (bicyclic) bond motifs is 6. The molecule has 3 nitrogen and oxygen atoms in total. The zero-order valence-electron chi connectivity index (χ0n) is 34.0. The molecule has 0 unspecified atom stereocenters. The van der Waals surface area contributed by atoms with E-state index in [-0.39, 0.29) is 0 Å². The Balaban J connectivity index is 1.01. The lowest BCUT2D eigenvalue weighted by Crippen LogP contribution is -2.10. The largest absolute Gasteiger partial charge is 0.461 e. The van der Waals surface area contributed by atoms with Crippen LogP contribution in [0.1, 0.15) is 23.8 Å². The highest BCUT2D eigenvalue weighted by Gasteiger charge is 2.18. The predicted molar refractivity (Wildman–Crippen MR) is 257 cm³/mol. The Labute approximate surface area is 355 Å².